The average molecular weight is 234 g/mol. The maximum Gasteiger partial charge on any atom is 0.127 e. The van der Waals surface area contributed by atoms with Crippen LogP contribution in [0.5, 0.6) is 5.75 Å². The van der Waals surface area contributed by atoms with E-state index in [1.807, 2.05) is 12.3 Å². The Morgan fingerprint density at radius 3 is 2.76 bits per heavy atom. The number of aromatic nitrogens is 1. The summed E-state index contributed by atoms with van der Waals surface area (Å²) in [5.74, 6) is 0.987. The third kappa shape index (κ3) is 3.70. The molecule has 17 heavy (non-hydrogen) atoms. The highest BCUT2D eigenvalue weighted by Gasteiger charge is 2.13. The predicted molar refractivity (Wildman–Crippen MR) is 69.1 cm³/mol. The van der Waals surface area contributed by atoms with E-state index in [1.165, 1.54) is 37.9 Å². The molecule has 1 fully saturated rings. The van der Waals surface area contributed by atoms with Crippen molar-refractivity contribution in [3.05, 3.63) is 24.0 Å². The van der Waals surface area contributed by atoms with E-state index in [9.17, 15) is 0 Å². The van der Waals surface area contributed by atoms with E-state index in [-0.39, 0.29) is 6.10 Å². The molecule has 3 heteroatoms. The number of hydrogen-bond acceptors (Lipinski definition) is 3. The van der Waals surface area contributed by atoms with Gasteiger partial charge in [-0.1, -0.05) is 6.42 Å². The standard InChI is InChI=1S/C14H22N2O/c1-12(2)17-14-6-7-15-10-13(14)11-16-8-4-3-5-9-16/h6-7,10,12H,3-5,8-9,11H2,1-2H3. The summed E-state index contributed by atoms with van der Waals surface area (Å²) in [6, 6.07) is 1.97. The molecule has 0 spiro atoms. The quantitative estimate of drug-likeness (QED) is 0.801. The van der Waals surface area contributed by atoms with Gasteiger partial charge < -0.3 is 4.74 Å². The zero-order chi connectivity index (χ0) is 12.1. The van der Waals surface area contributed by atoms with Crippen LogP contribution < -0.4 is 4.74 Å². The molecule has 2 rings (SSSR count). The lowest BCUT2D eigenvalue weighted by atomic mass is 10.1. The summed E-state index contributed by atoms with van der Waals surface area (Å²) in [7, 11) is 0. The third-order valence-electron chi connectivity index (χ3n) is 3.06. The summed E-state index contributed by atoms with van der Waals surface area (Å²) < 4.78 is 5.82. The van der Waals surface area contributed by atoms with Crippen LogP contribution in [-0.4, -0.2) is 29.1 Å². The van der Waals surface area contributed by atoms with Gasteiger partial charge in [-0.05, 0) is 45.8 Å². The first-order valence-corrected chi connectivity index (χ1v) is 6.57. The minimum Gasteiger partial charge on any atom is -0.491 e. The fraction of sp³-hybridized carbons (Fsp3) is 0.643. The fourth-order valence-electron chi connectivity index (χ4n) is 2.26. The summed E-state index contributed by atoms with van der Waals surface area (Å²) in [5, 5.41) is 0. The second kappa shape index (κ2) is 6.01. The third-order valence-corrected chi connectivity index (χ3v) is 3.06. The number of ether oxygens (including phenoxy) is 1. The van der Waals surface area contributed by atoms with Crippen LogP contribution in [0.4, 0.5) is 0 Å². The first-order valence-electron chi connectivity index (χ1n) is 6.57. The summed E-state index contributed by atoms with van der Waals surface area (Å²) in [6.45, 7) is 7.50. The Morgan fingerprint density at radius 2 is 2.06 bits per heavy atom. The van der Waals surface area contributed by atoms with Gasteiger partial charge in [-0.15, -0.1) is 0 Å². The van der Waals surface area contributed by atoms with Crippen molar-refractivity contribution in [3.63, 3.8) is 0 Å². The summed E-state index contributed by atoms with van der Waals surface area (Å²) in [4.78, 5) is 6.71. The van der Waals surface area contributed by atoms with E-state index in [4.69, 9.17) is 4.74 Å². The van der Waals surface area contributed by atoms with Crippen LogP contribution in [0.2, 0.25) is 0 Å². The molecule has 0 N–H and O–H groups in total. The molecule has 0 bridgehead atoms. The molecule has 1 aromatic heterocycles. The second-order valence-electron chi connectivity index (χ2n) is 4.99. The van der Waals surface area contributed by atoms with Gasteiger partial charge in [0, 0.05) is 24.5 Å². The molecular formula is C14H22N2O. The van der Waals surface area contributed by atoms with Gasteiger partial charge >= 0.3 is 0 Å². The molecule has 1 aliphatic rings. The Labute approximate surface area is 104 Å². The van der Waals surface area contributed by atoms with E-state index in [2.05, 4.69) is 23.7 Å². The molecule has 2 heterocycles. The highest BCUT2D eigenvalue weighted by Crippen LogP contribution is 2.21. The van der Waals surface area contributed by atoms with Crippen molar-refractivity contribution in [1.29, 1.82) is 0 Å². The summed E-state index contributed by atoms with van der Waals surface area (Å²) in [6.07, 6.45) is 7.97. The smallest absolute Gasteiger partial charge is 0.127 e. The number of likely N-dealkylation sites (tertiary alicyclic amines) is 1. The van der Waals surface area contributed by atoms with E-state index in [1.54, 1.807) is 6.20 Å². The molecule has 0 saturated carbocycles. The van der Waals surface area contributed by atoms with Crippen LogP contribution in [0.1, 0.15) is 38.7 Å². The highest BCUT2D eigenvalue weighted by molar-refractivity contribution is 5.30. The molecule has 1 saturated heterocycles. The van der Waals surface area contributed by atoms with Crippen molar-refractivity contribution in [1.82, 2.24) is 9.88 Å². The lowest BCUT2D eigenvalue weighted by Crippen LogP contribution is -2.29. The van der Waals surface area contributed by atoms with Crippen molar-refractivity contribution in [2.24, 2.45) is 0 Å². The topological polar surface area (TPSA) is 25.4 Å². The maximum atomic E-state index is 5.82. The van der Waals surface area contributed by atoms with Crippen molar-refractivity contribution < 1.29 is 4.74 Å². The minimum absolute atomic E-state index is 0.220. The van der Waals surface area contributed by atoms with Crippen LogP contribution in [-0.2, 0) is 6.54 Å². The molecular weight excluding hydrogens is 212 g/mol. The lowest BCUT2D eigenvalue weighted by Gasteiger charge is -2.27. The Balaban J connectivity index is 2.03. The largest absolute Gasteiger partial charge is 0.491 e. The zero-order valence-corrected chi connectivity index (χ0v) is 10.9. The van der Waals surface area contributed by atoms with Gasteiger partial charge in [-0.3, -0.25) is 9.88 Å². The fourth-order valence-corrected chi connectivity index (χ4v) is 2.26. The Hall–Kier alpha value is -1.09. The predicted octanol–water partition coefficient (Wildman–Crippen LogP) is 2.85. The molecule has 1 aromatic rings. The first-order chi connectivity index (χ1) is 8.25. The molecule has 0 radical (unpaired) electrons. The summed E-state index contributed by atoms with van der Waals surface area (Å²) in [5.41, 5.74) is 1.21. The Morgan fingerprint density at radius 1 is 1.29 bits per heavy atom. The van der Waals surface area contributed by atoms with Gasteiger partial charge in [-0.25, -0.2) is 0 Å². The number of piperidine rings is 1. The Bertz CT molecular complexity index is 346. The number of hydrogen-bond donors (Lipinski definition) is 0. The molecule has 0 aromatic carbocycles. The van der Waals surface area contributed by atoms with E-state index in [0.29, 0.717) is 0 Å². The monoisotopic (exact) mass is 234 g/mol. The van der Waals surface area contributed by atoms with E-state index >= 15 is 0 Å². The van der Waals surface area contributed by atoms with Crippen LogP contribution in [0.15, 0.2) is 18.5 Å². The van der Waals surface area contributed by atoms with Gasteiger partial charge in [0.15, 0.2) is 0 Å². The lowest BCUT2D eigenvalue weighted by molar-refractivity contribution is 0.206. The number of nitrogens with zero attached hydrogens (tertiary/aromatic N) is 2. The van der Waals surface area contributed by atoms with E-state index < -0.39 is 0 Å². The second-order valence-corrected chi connectivity index (χ2v) is 4.99. The van der Waals surface area contributed by atoms with Gasteiger partial charge in [0.1, 0.15) is 5.75 Å². The number of rotatable bonds is 4. The molecule has 0 atom stereocenters. The molecule has 0 aliphatic carbocycles. The van der Waals surface area contributed by atoms with Crippen LogP contribution >= 0.6 is 0 Å². The van der Waals surface area contributed by atoms with Crippen LogP contribution in [0.3, 0.4) is 0 Å². The van der Waals surface area contributed by atoms with Crippen molar-refractivity contribution >= 4 is 0 Å². The summed E-state index contributed by atoms with van der Waals surface area (Å²) >= 11 is 0. The molecule has 0 amide bonds. The van der Waals surface area contributed by atoms with Gasteiger partial charge in [0.2, 0.25) is 0 Å². The van der Waals surface area contributed by atoms with Crippen LogP contribution in [0.25, 0.3) is 0 Å². The zero-order valence-electron chi connectivity index (χ0n) is 10.9. The highest BCUT2D eigenvalue weighted by atomic mass is 16.5. The first kappa shape index (κ1) is 12.4. The normalized spacial score (nSPS) is 17.4. The van der Waals surface area contributed by atoms with Crippen molar-refractivity contribution in [2.45, 2.75) is 45.8 Å². The Kier molecular flexibility index (Phi) is 4.37. The van der Waals surface area contributed by atoms with Gasteiger partial charge in [0.05, 0.1) is 6.10 Å². The molecule has 3 nitrogen and oxygen atoms in total. The van der Waals surface area contributed by atoms with Crippen molar-refractivity contribution in [2.75, 3.05) is 13.1 Å². The molecule has 0 unspecified atom stereocenters. The van der Waals surface area contributed by atoms with Gasteiger partial charge in [0.25, 0.3) is 0 Å². The van der Waals surface area contributed by atoms with E-state index in [0.717, 1.165) is 12.3 Å². The number of pyridine rings is 1. The average Bonchev–Trinajstić information content (AvgIpc) is 2.32. The van der Waals surface area contributed by atoms with Crippen LogP contribution in [0, 0.1) is 0 Å². The minimum atomic E-state index is 0.220. The SMILES string of the molecule is CC(C)Oc1ccncc1CN1CCCCC1. The molecule has 1 aliphatic heterocycles. The molecule has 94 valence electrons. The van der Waals surface area contributed by atoms with Crippen molar-refractivity contribution in [3.8, 4) is 5.75 Å². The van der Waals surface area contributed by atoms with Gasteiger partial charge in [-0.2, -0.15) is 0 Å². The maximum absolute atomic E-state index is 5.82.